The van der Waals surface area contributed by atoms with E-state index in [0.717, 1.165) is 18.9 Å². The lowest BCUT2D eigenvalue weighted by molar-refractivity contribution is 0.167. The summed E-state index contributed by atoms with van der Waals surface area (Å²) in [5.41, 5.74) is 0.453. The number of hydrogen-bond acceptors (Lipinski definition) is 1. The van der Waals surface area contributed by atoms with Crippen molar-refractivity contribution in [2.24, 2.45) is 11.3 Å². The number of hydrogen-bond donors (Lipinski definition) is 0. The van der Waals surface area contributed by atoms with Gasteiger partial charge in [0.15, 0.2) is 0 Å². The number of allylic oxidation sites excluding steroid dienone is 2. The minimum atomic E-state index is 0.453. The van der Waals surface area contributed by atoms with Gasteiger partial charge in [0, 0.05) is 6.42 Å². The first kappa shape index (κ1) is 10.6. The highest BCUT2D eigenvalue weighted by atomic mass is 16.5. The first-order chi connectivity index (χ1) is 6.04. The molecule has 1 aliphatic carbocycles. The average Bonchev–Trinajstić information content (AvgIpc) is 2.04. The summed E-state index contributed by atoms with van der Waals surface area (Å²) >= 11 is 0. The van der Waals surface area contributed by atoms with Gasteiger partial charge in [0.2, 0.25) is 0 Å². The van der Waals surface area contributed by atoms with Crippen LogP contribution in [0.3, 0.4) is 0 Å². The Morgan fingerprint density at radius 2 is 2.15 bits per heavy atom. The van der Waals surface area contributed by atoms with Crippen LogP contribution in [0.2, 0.25) is 0 Å². The zero-order valence-electron chi connectivity index (χ0n) is 9.39. The Balaban J connectivity index is 2.46. The maximum Gasteiger partial charge on any atom is 0.0920 e. The quantitative estimate of drug-likeness (QED) is 0.632. The van der Waals surface area contributed by atoms with Crippen LogP contribution in [-0.2, 0) is 4.74 Å². The van der Waals surface area contributed by atoms with Crippen molar-refractivity contribution >= 4 is 0 Å². The van der Waals surface area contributed by atoms with Gasteiger partial charge in [-0.25, -0.2) is 0 Å². The van der Waals surface area contributed by atoms with E-state index < -0.39 is 0 Å². The van der Waals surface area contributed by atoms with Crippen LogP contribution in [0.4, 0.5) is 0 Å². The molecule has 1 heteroatoms. The third kappa shape index (κ3) is 3.06. The van der Waals surface area contributed by atoms with Gasteiger partial charge in [0.25, 0.3) is 0 Å². The summed E-state index contributed by atoms with van der Waals surface area (Å²) in [6.07, 6.45) is 5.90. The fourth-order valence-corrected chi connectivity index (χ4v) is 1.91. The highest BCUT2D eigenvalue weighted by Crippen LogP contribution is 2.37. The minimum absolute atomic E-state index is 0.453. The Hall–Kier alpha value is -0.460. The zero-order chi connectivity index (χ0) is 9.90. The van der Waals surface area contributed by atoms with E-state index in [4.69, 9.17) is 4.74 Å². The van der Waals surface area contributed by atoms with Crippen molar-refractivity contribution in [3.05, 3.63) is 11.8 Å². The fraction of sp³-hybridized carbons (Fsp3) is 0.833. The van der Waals surface area contributed by atoms with E-state index >= 15 is 0 Å². The first-order valence-corrected chi connectivity index (χ1v) is 5.36. The van der Waals surface area contributed by atoms with Crippen LogP contribution in [-0.4, -0.2) is 6.61 Å². The zero-order valence-corrected chi connectivity index (χ0v) is 9.39. The van der Waals surface area contributed by atoms with Crippen LogP contribution >= 0.6 is 0 Å². The van der Waals surface area contributed by atoms with Crippen molar-refractivity contribution < 1.29 is 4.74 Å². The van der Waals surface area contributed by atoms with Gasteiger partial charge < -0.3 is 4.74 Å². The van der Waals surface area contributed by atoms with Gasteiger partial charge in [-0.15, -0.1) is 0 Å². The van der Waals surface area contributed by atoms with E-state index in [-0.39, 0.29) is 0 Å². The molecular weight excluding hydrogens is 160 g/mol. The molecule has 0 radical (unpaired) electrons. The molecule has 76 valence electrons. The predicted octanol–water partition coefficient (Wildman–Crippen LogP) is 3.75. The molecule has 0 aromatic carbocycles. The normalized spacial score (nSPS) is 24.0. The number of ether oxygens (including phenoxy) is 1. The van der Waals surface area contributed by atoms with Crippen LogP contribution in [0.25, 0.3) is 0 Å². The molecule has 1 rings (SSSR count). The molecular formula is C12H22O. The van der Waals surface area contributed by atoms with Crippen LogP contribution in [0.1, 0.15) is 47.0 Å². The second-order valence-electron chi connectivity index (χ2n) is 4.94. The van der Waals surface area contributed by atoms with Gasteiger partial charge in [-0.1, -0.05) is 20.8 Å². The number of rotatable bonds is 2. The molecule has 0 aromatic rings. The van der Waals surface area contributed by atoms with Gasteiger partial charge in [-0.2, -0.15) is 0 Å². The van der Waals surface area contributed by atoms with Crippen molar-refractivity contribution in [2.45, 2.75) is 47.0 Å². The highest BCUT2D eigenvalue weighted by molar-refractivity contribution is 5.01. The molecule has 0 aromatic heterocycles. The lowest BCUT2D eigenvalue weighted by Crippen LogP contribution is -2.22. The second kappa shape index (κ2) is 4.17. The predicted molar refractivity (Wildman–Crippen MR) is 56.5 cm³/mol. The summed E-state index contributed by atoms with van der Waals surface area (Å²) in [4.78, 5) is 0. The van der Waals surface area contributed by atoms with E-state index in [1.54, 1.807) is 0 Å². The van der Waals surface area contributed by atoms with Crippen molar-refractivity contribution in [1.82, 2.24) is 0 Å². The maximum atomic E-state index is 5.50. The summed E-state index contributed by atoms with van der Waals surface area (Å²) in [5, 5.41) is 0. The molecule has 0 saturated heterocycles. The molecule has 0 aliphatic heterocycles. The fourth-order valence-electron chi connectivity index (χ4n) is 1.91. The summed E-state index contributed by atoms with van der Waals surface area (Å²) < 4.78 is 5.50. The lowest BCUT2D eigenvalue weighted by Gasteiger charge is -2.32. The Kier molecular flexibility index (Phi) is 3.40. The van der Waals surface area contributed by atoms with Crippen LogP contribution in [0.5, 0.6) is 0 Å². The Bertz CT molecular complexity index is 186. The molecule has 0 heterocycles. The standard InChI is InChI=1S/C12H22O/c1-5-13-11-8-6-10(7-9-11)12(2,3)4/h8,10H,5-7,9H2,1-4H3. The monoisotopic (exact) mass is 182 g/mol. The topological polar surface area (TPSA) is 9.23 Å². The SMILES string of the molecule is CCOC1=CCC(C(C)(C)C)CC1. The Labute approximate surface area is 82.2 Å². The van der Waals surface area contributed by atoms with Crippen LogP contribution < -0.4 is 0 Å². The van der Waals surface area contributed by atoms with Gasteiger partial charge in [-0.05, 0) is 37.2 Å². The largest absolute Gasteiger partial charge is 0.499 e. The first-order valence-electron chi connectivity index (χ1n) is 5.36. The third-order valence-corrected chi connectivity index (χ3v) is 2.92. The minimum Gasteiger partial charge on any atom is -0.499 e. The molecule has 13 heavy (non-hydrogen) atoms. The molecule has 0 bridgehead atoms. The van der Waals surface area contributed by atoms with E-state index in [1.807, 2.05) is 0 Å². The van der Waals surface area contributed by atoms with Gasteiger partial charge >= 0.3 is 0 Å². The molecule has 0 amide bonds. The van der Waals surface area contributed by atoms with Gasteiger partial charge in [-0.3, -0.25) is 0 Å². The molecule has 1 unspecified atom stereocenters. The van der Waals surface area contributed by atoms with E-state index in [2.05, 4.69) is 33.8 Å². The molecule has 0 saturated carbocycles. The van der Waals surface area contributed by atoms with Crippen molar-refractivity contribution in [2.75, 3.05) is 6.61 Å². The lowest BCUT2D eigenvalue weighted by atomic mass is 9.74. The Morgan fingerprint density at radius 1 is 1.46 bits per heavy atom. The van der Waals surface area contributed by atoms with Crippen LogP contribution in [0, 0.1) is 11.3 Å². The van der Waals surface area contributed by atoms with Crippen molar-refractivity contribution in [3.8, 4) is 0 Å². The van der Waals surface area contributed by atoms with Gasteiger partial charge in [0.1, 0.15) is 0 Å². The molecule has 0 fully saturated rings. The summed E-state index contributed by atoms with van der Waals surface area (Å²) in [6, 6.07) is 0. The van der Waals surface area contributed by atoms with Crippen molar-refractivity contribution in [1.29, 1.82) is 0 Å². The van der Waals surface area contributed by atoms with E-state index in [0.29, 0.717) is 5.41 Å². The molecule has 0 N–H and O–H groups in total. The molecule has 1 nitrogen and oxygen atoms in total. The third-order valence-electron chi connectivity index (χ3n) is 2.92. The second-order valence-corrected chi connectivity index (χ2v) is 4.94. The Morgan fingerprint density at radius 3 is 2.54 bits per heavy atom. The smallest absolute Gasteiger partial charge is 0.0920 e. The molecule has 1 atom stereocenters. The molecule has 1 aliphatic rings. The summed E-state index contributed by atoms with van der Waals surface area (Å²) in [5.74, 6) is 2.04. The van der Waals surface area contributed by atoms with Crippen molar-refractivity contribution in [3.63, 3.8) is 0 Å². The van der Waals surface area contributed by atoms with Gasteiger partial charge in [0.05, 0.1) is 12.4 Å². The van der Waals surface area contributed by atoms with E-state index in [1.165, 1.54) is 18.6 Å². The van der Waals surface area contributed by atoms with E-state index in [9.17, 15) is 0 Å². The summed E-state index contributed by atoms with van der Waals surface area (Å²) in [7, 11) is 0. The molecule has 0 spiro atoms. The highest BCUT2D eigenvalue weighted by Gasteiger charge is 2.26. The average molecular weight is 182 g/mol. The maximum absolute atomic E-state index is 5.50. The summed E-state index contributed by atoms with van der Waals surface area (Å²) in [6.45, 7) is 9.86. The van der Waals surface area contributed by atoms with Crippen LogP contribution in [0.15, 0.2) is 11.8 Å².